The molecule has 3 aliphatic heterocycles. The van der Waals surface area contributed by atoms with Crippen molar-refractivity contribution in [2.75, 3.05) is 114 Å². The Bertz CT molecular complexity index is 2970. The van der Waals surface area contributed by atoms with E-state index < -0.39 is 17.9 Å². The van der Waals surface area contributed by atoms with Gasteiger partial charge in [0.15, 0.2) is 0 Å². The molecule has 400 valence electrons. The minimum Gasteiger partial charge on any atom is -0.409 e. The Morgan fingerprint density at radius 1 is 0.750 bits per heavy atom. The number of nitrogens with zero attached hydrogens (tertiary/aromatic N) is 3. The van der Waals surface area contributed by atoms with Crippen molar-refractivity contribution in [2.24, 2.45) is 0 Å². The van der Waals surface area contributed by atoms with Crippen LogP contribution in [0, 0.1) is 0 Å². The first-order valence-electron chi connectivity index (χ1n) is 25.2. The number of benzene rings is 4. The second-order valence-electron chi connectivity index (χ2n) is 18.1. The molecule has 8 rings (SSSR count). The summed E-state index contributed by atoms with van der Waals surface area (Å²) in [6.45, 7) is 7.67. The first kappa shape index (κ1) is 55.0. The van der Waals surface area contributed by atoms with Gasteiger partial charge < -0.3 is 59.7 Å². The summed E-state index contributed by atoms with van der Waals surface area (Å²) in [6, 6.07) is 23.8. The van der Waals surface area contributed by atoms with Crippen molar-refractivity contribution < 1.29 is 57.2 Å². The third-order valence-electron chi connectivity index (χ3n) is 12.9. The van der Waals surface area contributed by atoms with Crippen LogP contribution in [-0.2, 0) is 38.1 Å². The van der Waals surface area contributed by atoms with Crippen molar-refractivity contribution in [1.82, 2.24) is 30.7 Å². The molecule has 0 unspecified atom stereocenters. The first-order valence-corrected chi connectivity index (χ1v) is 26.3. The predicted octanol–water partition coefficient (Wildman–Crippen LogP) is 5.48. The molecule has 7 amide bonds. The minimum atomic E-state index is -0.423. The number of hydrogen-bond acceptors (Lipinski definition) is 13. The number of aromatic nitrogens is 1. The number of imide groups is 1. The maximum Gasteiger partial charge on any atom is 0.415 e. The fourth-order valence-electron chi connectivity index (χ4n) is 8.87. The van der Waals surface area contributed by atoms with E-state index in [1.807, 2.05) is 49.4 Å². The molecule has 20 nitrogen and oxygen atoms in total. The molecule has 5 aromatic rings. The van der Waals surface area contributed by atoms with E-state index >= 15 is 0 Å². The van der Waals surface area contributed by atoms with Crippen LogP contribution in [-0.4, -0.2) is 160 Å². The van der Waals surface area contributed by atoms with Crippen molar-refractivity contribution in [3.63, 3.8) is 0 Å². The smallest absolute Gasteiger partial charge is 0.409 e. The quantitative estimate of drug-likeness (QED) is 0.0277. The maximum atomic E-state index is 14.4. The molecular formula is C55H61BrN8O12. The van der Waals surface area contributed by atoms with E-state index in [9.17, 15) is 33.6 Å². The number of nitrogens with one attached hydrogen (secondary N) is 5. The Morgan fingerprint density at radius 3 is 2.11 bits per heavy atom. The van der Waals surface area contributed by atoms with Gasteiger partial charge in [-0.25, -0.2) is 4.79 Å². The third kappa shape index (κ3) is 14.4. The van der Waals surface area contributed by atoms with Crippen LogP contribution in [0.15, 0.2) is 97.2 Å². The second-order valence-corrected chi connectivity index (χ2v) is 18.7. The number of aromatic amines is 1. The lowest BCUT2D eigenvalue weighted by molar-refractivity contribution is -0.137. The molecule has 0 aliphatic carbocycles. The summed E-state index contributed by atoms with van der Waals surface area (Å²) in [5, 5.41) is 14.8. The van der Waals surface area contributed by atoms with Crippen molar-refractivity contribution in [3.05, 3.63) is 120 Å². The number of amides is 7. The highest BCUT2D eigenvalue weighted by Gasteiger charge is 2.36. The molecule has 4 heterocycles. The Kier molecular flexibility index (Phi) is 19.5. The van der Waals surface area contributed by atoms with E-state index in [0.29, 0.717) is 119 Å². The molecule has 1 aromatic heterocycles. The summed E-state index contributed by atoms with van der Waals surface area (Å²) in [5.41, 5.74) is 5.41. The Balaban J connectivity index is 0.718. The van der Waals surface area contributed by atoms with E-state index in [1.54, 1.807) is 52.4 Å². The topological polar surface area (TPSA) is 239 Å². The Labute approximate surface area is 447 Å². The number of anilines is 2. The normalized spacial score (nSPS) is 15.4. The standard InChI is InChI=1S/C55H61BrN8O12/c1-36(34-59-49(66)15-22-72-24-26-74-28-29-75-27-25-73-23-18-58-48(65)14-19-63-50(67)12-13-51(63)68)37-6-8-38(9-7-37)53(69)60-41-10-11-44-39(30-41)31-45(61-44)54(70)64-35-40(33-56)52-43-5-3-2-4-42(43)47(32-46(52)64)76-55(71)62-20-16-57-17-21-62/h2-13,30-32,34,40,57,61H,14-29,33,35H2,1H3,(H,58,65)(H,59,66)(H,60,69)/b36-34+/t40-/m1/s1. The van der Waals surface area contributed by atoms with Crippen LogP contribution in [0.4, 0.5) is 16.2 Å². The molecule has 1 saturated heterocycles. The van der Waals surface area contributed by atoms with Crippen LogP contribution in [0.5, 0.6) is 5.75 Å². The number of carbonyl (C=O) groups excluding carboxylic acids is 7. The van der Waals surface area contributed by atoms with Gasteiger partial charge in [0, 0.05) is 115 Å². The van der Waals surface area contributed by atoms with Crippen LogP contribution in [0.3, 0.4) is 0 Å². The molecule has 0 bridgehead atoms. The SMILES string of the molecule is C/C(=C\NC(=O)CCOCCOCCOCCOCCNC(=O)CCN1C(=O)C=CC1=O)c1ccc(C(=O)Nc2ccc3[nH]c(C(=O)N4C[C@@H](CBr)c5c4cc(OC(=O)N4CCNCC4)c4ccccc54)cc3c2)cc1. The molecule has 3 aliphatic rings. The number of carbonyl (C=O) groups is 7. The molecule has 0 radical (unpaired) electrons. The van der Waals surface area contributed by atoms with Crippen molar-refractivity contribution in [1.29, 1.82) is 0 Å². The van der Waals surface area contributed by atoms with Gasteiger partial charge in [-0.15, -0.1) is 0 Å². The Hall–Kier alpha value is -7.27. The Morgan fingerprint density at radius 2 is 1.41 bits per heavy atom. The summed E-state index contributed by atoms with van der Waals surface area (Å²) in [4.78, 5) is 96.2. The molecule has 76 heavy (non-hydrogen) atoms. The number of hydrogen-bond donors (Lipinski definition) is 5. The fraction of sp³-hybridized carbons (Fsp3) is 0.364. The monoisotopic (exact) mass is 1100 g/mol. The highest BCUT2D eigenvalue weighted by atomic mass is 79.9. The van der Waals surface area contributed by atoms with Gasteiger partial charge in [-0.1, -0.05) is 52.3 Å². The van der Waals surface area contributed by atoms with Crippen LogP contribution in [0.2, 0.25) is 0 Å². The highest BCUT2D eigenvalue weighted by Crippen LogP contribution is 2.46. The van der Waals surface area contributed by atoms with Crippen molar-refractivity contribution >= 4 is 96.1 Å². The zero-order valence-electron chi connectivity index (χ0n) is 42.2. The summed E-state index contributed by atoms with van der Waals surface area (Å²) in [7, 11) is 0. The number of piperazine rings is 1. The van der Waals surface area contributed by atoms with Crippen LogP contribution in [0.25, 0.3) is 27.2 Å². The first-order chi connectivity index (χ1) is 37.0. The van der Waals surface area contributed by atoms with Gasteiger partial charge in [-0.2, -0.15) is 0 Å². The van der Waals surface area contributed by atoms with Gasteiger partial charge >= 0.3 is 6.09 Å². The lowest BCUT2D eigenvalue weighted by Gasteiger charge is -2.27. The zero-order valence-corrected chi connectivity index (χ0v) is 43.7. The van der Waals surface area contributed by atoms with Crippen LogP contribution >= 0.6 is 15.9 Å². The summed E-state index contributed by atoms with van der Waals surface area (Å²) < 4.78 is 28.0. The molecule has 21 heteroatoms. The van der Waals surface area contributed by atoms with E-state index in [-0.39, 0.29) is 55.5 Å². The number of halogens is 1. The molecule has 1 fully saturated rings. The van der Waals surface area contributed by atoms with Crippen molar-refractivity contribution in [2.45, 2.75) is 25.7 Å². The van der Waals surface area contributed by atoms with Crippen LogP contribution < -0.4 is 30.9 Å². The summed E-state index contributed by atoms with van der Waals surface area (Å²) in [6.07, 6.45) is 3.74. The van der Waals surface area contributed by atoms with Gasteiger partial charge in [0.25, 0.3) is 23.6 Å². The number of ether oxygens (including phenoxy) is 5. The number of H-pyrrole nitrogens is 1. The van der Waals surface area contributed by atoms with Gasteiger partial charge in [0.05, 0.1) is 65.0 Å². The number of allylic oxidation sites excluding steroid dienone is 1. The molecule has 4 aromatic carbocycles. The number of alkyl halides is 1. The van der Waals surface area contributed by atoms with E-state index in [2.05, 4.69) is 42.2 Å². The van der Waals surface area contributed by atoms with Gasteiger partial charge in [0.2, 0.25) is 11.8 Å². The average molecular weight is 1110 g/mol. The zero-order chi connectivity index (χ0) is 53.4. The molecular weight excluding hydrogens is 1040 g/mol. The molecule has 0 spiro atoms. The second kappa shape index (κ2) is 27.0. The van der Waals surface area contributed by atoms with E-state index in [4.69, 9.17) is 23.7 Å². The molecule has 1 atom stereocenters. The third-order valence-corrected chi connectivity index (χ3v) is 13.7. The lowest BCUT2D eigenvalue weighted by atomic mass is 9.95. The number of rotatable bonds is 25. The van der Waals surface area contributed by atoms with Gasteiger partial charge in [-0.3, -0.25) is 33.7 Å². The van der Waals surface area contributed by atoms with Crippen LogP contribution in [0.1, 0.15) is 57.7 Å². The van der Waals surface area contributed by atoms with E-state index in [0.717, 1.165) is 43.3 Å². The minimum absolute atomic E-state index is 0.00305. The van der Waals surface area contributed by atoms with Gasteiger partial charge in [-0.05, 0) is 65.4 Å². The fourth-order valence-corrected chi connectivity index (χ4v) is 9.40. The summed E-state index contributed by atoms with van der Waals surface area (Å²) in [5.74, 6) is -1.47. The molecule has 0 saturated carbocycles. The van der Waals surface area contributed by atoms with Crippen molar-refractivity contribution in [3.8, 4) is 5.75 Å². The molecule has 5 N–H and O–H groups in total. The average Bonchev–Trinajstić information content (AvgIpc) is 4.14. The highest BCUT2D eigenvalue weighted by molar-refractivity contribution is 9.09. The summed E-state index contributed by atoms with van der Waals surface area (Å²) >= 11 is 3.68. The predicted molar refractivity (Wildman–Crippen MR) is 288 cm³/mol. The van der Waals surface area contributed by atoms with Gasteiger partial charge in [0.1, 0.15) is 11.4 Å². The lowest BCUT2D eigenvalue weighted by Crippen LogP contribution is -2.47. The maximum absolute atomic E-state index is 14.4. The number of fused-ring (bicyclic) bond motifs is 4. The van der Waals surface area contributed by atoms with E-state index in [1.165, 1.54) is 12.2 Å². The largest absolute Gasteiger partial charge is 0.415 e.